The number of carbonyl (C=O) groups excluding carboxylic acids is 1. The summed E-state index contributed by atoms with van der Waals surface area (Å²) in [5, 5.41) is 8.96. The molecule has 1 rings (SSSR count). The highest BCUT2D eigenvalue weighted by atomic mass is 32.2. The fourth-order valence-corrected chi connectivity index (χ4v) is 2.40. The fourth-order valence-electron chi connectivity index (χ4n) is 1.20. The molecule has 13 heavy (non-hydrogen) atoms. The SMILES string of the molecule is CC(O)C(=O)N1CCS(=O)(=O)CC1. The Morgan fingerprint density at radius 2 is 1.85 bits per heavy atom. The molecule has 0 aromatic heterocycles. The van der Waals surface area contributed by atoms with E-state index in [0.717, 1.165) is 0 Å². The molecular formula is C7H13NO4S. The molecule has 1 saturated heterocycles. The van der Waals surface area contributed by atoms with Gasteiger partial charge in [-0.3, -0.25) is 4.79 Å². The van der Waals surface area contributed by atoms with E-state index in [0.29, 0.717) is 0 Å². The number of nitrogens with zero attached hydrogens (tertiary/aromatic N) is 1. The van der Waals surface area contributed by atoms with Gasteiger partial charge in [0.25, 0.3) is 5.91 Å². The zero-order valence-electron chi connectivity index (χ0n) is 7.43. The number of hydrogen-bond acceptors (Lipinski definition) is 4. The first-order valence-corrected chi connectivity index (χ1v) is 5.92. The van der Waals surface area contributed by atoms with Crippen LogP contribution in [0.2, 0.25) is 0 Å². The van der Waals surface area contributed by atoms with Crippen molar-refractivity contribution in [2.45, 2.75) is 13.0 Å². The van der Waals surface area contributed by atoms with Crippen LogP contribution < -0.4 is 0 Å². The predicted molar refractivity (Wildman–Crippen MR) is 46.9 cm³/mol. The first-order valence-electron chi connectivity index (χ1n) is 4.10. The summed E-state index contributed by atoms with van der Waals surface area (Å²) in [7, 11) is -2.95. The predicted octanol–water partition coefficient (Wildman–Crippen LogP) is -1.38. The second-order valence-electron chi connectivity index (χ2n) is 3.15. The van der Waals surface area contributed by atoms with Crippen LogP contribution in [-0.2, 0) is 14.6 Å². The van der Waals surface area contributed by atoms with Gasteiger partial charge in [-0.1, -0.05) is 0 Å². The maximum Gasteiger partial charge on any atom is 0.251 e. The van der Waals surface area contributed by atoms with Crippen LogP contribution in [0.15, 0.2) is 0 Å². The molecule has 0 aromatic carbocycles. The Balaban J connectivity index is 2.55. The minimum Gasteiger partial charge on any atom is -0.384 e. The molecule has 0 saturated carbocycles. The van der Waals surface area contributed by atoms with Gasteiger partial charge in [0.15, 0.2) is 9.84 Å². The van der Waals surface area contributed by atoms with Gasteiger partial charge in [0.2, 0.25) is 0 Å². The molecule has 1 fully saturated rings. The van der Waals surface area contributed by atoms with E-state index < -0.39 is 21.8 Å². The standard InChI is InChI=1S/C7H13NO4S/c1-6(9)7(10)8-2-4-13(11,12)5-3-8/h6,9H,2-5H2,1H3. The Morgan fingerprint density at radius 1 is 1.38 bits per heavy atom. The number of carbonyl (C=O) groups is 1. The average molecular weight is 207 g/mol. The van der Waals surface area contributed by atoms with Crippen molar-refractivity contribution >= 4 is 15.7 Å². The lowest BCUT2D eigenvalue weighted by atomic mass is 10.3. The molecule has 1 unspecified atom stereocenters. The second kappa shape index (κ2) is 3.63. The Bertz CT molecular complexity index is 282. The Morgan fingerprint density at radius 3 is 2.23 bits per heavy atom. The highest BCUT2D eigenvalue weighted by molar-refractivity contribution is 7.91. The van der Waals surface area contributed by atoms with Crippen molar-refractivity contribution in [2.75, 3.05) is 24.6 Å². The maximum absolute atomic E-state index is 11.2. The number of aliphatic hydroxyl groups is 1. The summed E-state index contributed by atoms with van der Waals surface area (Å²) in [5.41, 5.74) is 0. The van der Waals surface area contributed by atoms with Crippen molar-refractivity contribution in [3.05, 3.63) is 0 Å². The molecule has 1 N–H and O–H groups in total. The van der Waals surface area contributed by atoms with Gasteiger partial charge in [0.1, 0.15) is 6.10 Å². The lowest BCUT2D eigenvalue weighted by Gasteiger charge is -2.27. The van der Waals surface area contributed by atoms with Crippen LogP contribution in [0, 0.1) is 0 Å². The molecule has 1 atom stereocenters. The first kappa shape index (κ1) is 10.5. The van der Waals surface area contributed by atoms with Crippen molar-refractivity contribution < 1.29 is 18.3 Å². The molecule has 5 nitrogen and oxygen atoms in total. The summed E-state index contributed by atoms with van der Waals surface area (Å²) in [5.74, 6) is -0.383. The van der Waals surface area contributed by atoms with E-state index in [1.54, 1.807) is 0 Å². The van der Waals surface area contributed by atoms with Crippen LogP contribution in [0.1, 0.15) is 6.92 Å². The Labute approximate surface area is 77.3 Å². The lowest BCUT2D eigenvalue weighted by molar-refractivity contribution is -0.138. The molecule has 6 heteroatoms. The first-order chi connectivity index (χ1) is 5.92. The lowest BCUT2D eigenvalue weighted by Crippen LogP contribution is -2.47. The number of hydrogen-bond donors (Lipinski definition) is 1. The van der Waals surface area contributed by atoms with Crippen molar-refractivity contribution in [3.63, 3.8) is 0 Å². The quantitative estimate of drug-likeness (QED) is 0.575. The van der Waals surface area contributed by atoms with E-state index in [9.17, 15) is 13.2 Å². The molecule has 0 aliphatic carbocycles. The van der Waals surface area contributed by atoms with Crippen molar-refractivity contribution in [1.82, 2.24) is 4.90 Å². The highest BCUT2D eigenvalue weighted by Crippen LogP contribution is 2.05. The molecule has 0 bridgehead atoms. The van der Waals surface area contributed by atoms with E-state index in [2.05, 4.69) is 0 Å². The van der Waals surface area contributed by atoms with Crippen LogP contribution in [0.3, 0.4) is 0 Å². The van der Waals surface area contributed by atoms with Crippen LogP contribution >= 0.6 is 0 Å². The van der Waals surface area contributed by atoms with Gasteiger partial charge in [0, 0.05) is 13.1 Å². The van der Waals surface area contributed by atoms with E-state index >= 15 is 0 Å². The summed E-state index contributed by atoms with van der Waals surface area (Å²) in [6.45, 7) is 1.78. The monoisotopic (exact) mass is 207 g/mol. The Hall–Kier alpha value is -0.620. The summed E-state index contributed by atoms with van der Waals surface area (Å²) in [6.07, 6.45) is -1.04. The minimum absolute atomic E-state index is 0.00542. The summed E-state index contributed by atoms with van der Waals surface area (Å²) in [4.78, 5) is 12.6. The van der Waals surface area contributed by atoms with Crippen LogP contribution in [0.4, 0.5) is 0 Å². The van der Waals surface area contributed by atoms with E-state index in [1.807, 2.05) is 0 Å². The smallest absolute Gasteiger partial charge is 0.251 e. The normalized spacial score (nSPS) is 24.0. The molecule has 0 aromatic rings. The number of sulfone groups is 1. The third-order valence-corrected chi connectivity index (χ3v) is 3.62. The zero-order valence-corrected chi connectivity index (χ0v) is 8.25. The topological polar surface area (TPSA) is 74.7 Å². The molecule has 1 amide bonds. The maximum atomic E-state index is 11.2. The van der Waals surface area contributed by atoms with Crippen LogP contribution in [-0.4, -0.2) is 55.0 Å². The van der Waals surface area contributed by atoms with Crippen molar-refractivity contribution in [1.29, 1.82) is 0 Å². The molecule has 0 radical (unpaired) electrons. The molecule has 1 aliphatic heterocycles. The van der Waals surface area contributed by atoms with Gasteiger partial charge < -0.3 is 10.0 Å². The van der Waals surface area contributed by atoms with E-state index in [-0.39, 0.29) is 24.6 Å². The van der Waals surface area contributed by atoms with E-state index in [1.165, 1.54) is 11.8 Å². The molecular weight excluding hydrogens is 194 g/mol. The third-order valence-electron chi connectivity index (χ3n) is 2.01. The number of aliphatic hydroxyl groups excluding tert-OH is 1. The summed E-state index contributed by atoms with van der Waals surface area (Å²) in [6, 6.07) is 0. The fraction of sp³-hybridized carbons (Fsp3) is 0.857. The van der Waals surface area contributed by atoms with Gasteiger partial charge in [-0.25, -0.2) is 8.42 Å². The van der Waals surface area contributed by atoms with Crippen LogP contribution in [0.5, 0.6) is 0 Å². The Kier molecular flexibility index (Phi) is 2.92. The highest BCUT2D eigenvalue weighted by Gasteiger charge is 2.26. The summed E-state index contributed by atoms with van der Waals surface area (Å²) >= 11 is 0. The van der Waals surface area contributed by atoms with Gasteiger partial charge in [-0.2, -0.15) is 0 Å². The summed E-state index contributed by atoms with van der Waals surface area (Å²) < 4.78 is 22.0. The molecule has 1 aliphatic rings. The molecule has 76 valence electrons. The van der Waals surface area contributed by atoms with Crippen molar-refractivity contribution in [2.24, 2.45) is 0 Å². The second-order valence-corrected chi connectivity index (χ2v) is 5.46. The van der Waals surface area contributed by atoms with Gasteiger partial charge in [-0.05, 0) is 6.92 Å². The molecule has 0 spiro atoms. The van der Waals surface area contributed by atoms with Gasteiger partial charge >= 0.3 is 0 Å². The minimum atomic E-state index is -2.95. The van der Waals surface area contributed by atoms with Gasteiger partial charge in [0.05, 0.1) is 11.5 Å². The van der Waals surface area contributed by atoms with Gasteiger partial charge in [-0.15, -0.1) is 0 Å². The average Bonchev–Trinajstić information content (AvgIpc) is 2.03. The number of rotatable bonds is 1. The largest absolute Gasteiger partial charge is 0.384 e. The zero-order chi connectivity index (χ0) is 10.1. The number of amides is 1. The van der Waals surface area contributed by atoms with Crippen LogP contribution in [0.25, 0.3) is 0 Å². The third kappa shape index (κ3) is 2.67. The van der Waals surface area contributed by atoms with E-state index in [4.69, 9.17) is 5.11 Å². The molecule has 1 heterocycles. The van der Waals surface area contributed by atoms with Crippen molar-refractivity contribution in [3.8, 4) is 0 Å².